The van der Waals surface area contributed by atoms with Gasteiger partial charge in [0, 0.05) is 45.8 Å². The monoisotopic (exact) mass is 401 g/mol. The van der Waals surface area contributed by atoms with E-state index in [1.54, 1.807) is 11.3 Å². The van der Waals surface area contributed by atoms with Gasteiger partial charge in [0.2, 0.25) is 0 Å². The van der Waals surface area contributed by atoms with Gasteiger partial charge in [-0.15, -0.1) is 11.3 Å². The van der Waals surface area contributed by atoms with Gasteiger partial charge in [0.15, 0.2) is 0 Å². The second-order valence-electron chi connectivity index (χ2n) is 7.53. The Morgan fingerprint density at radius 1 is 1.00 bits per heavy atom. The van der Waals surface area contributed by atoms with Gasteiger partial charge in [0.25, 0.3) is 0 Å². The summed E-state index contributed by atoms with van der Waals surface area (Å²) in [5.41, 5.74) is 11.8. The molecule has 0 unspecified atom stereocenters. The molecule has 1 fully saturated rings. The molecule has 2 aliphatic heterocycles. The maximum absolute atomic E-state index is 8.05. The molecule has 3 aliphatic rings. The van der Waals surface area contributed by atoms with Crippen molar-refractivity contribution in [1.29, 1.82) is 5.41 Å². The van der Waals surface area contributed by atoms with E-state index in [0.717, 1.165) is 48.1 Å². The average Bonchev–Trinajstić information content (AvgIpc) is 2.73. The second-order valence-corrected chi connectivity index (χ2v) is 8.62. The molecule has 0 saturated carbocycles. The molecule has 2 aromatic carbocycles. The van der Waals surface area contributed by atoms with Crippen LogP contribution in [0.2, 0.25) is 0 Å². The molecule has 4 nitrogen and oxygen atoms in total. The molecule has 1 aliphatic carbocycles. The van der Waals surface area contributed by atoms with Gasteiger partial charge in [0.05, 0.1) is 18.6 Å². The van der Waals surface area contributed by atoms with Crippen LogP contribution < -0.4 is 11.1 Å². The molecule has 1 saturated heterocycles. The molecule has 5 rings (SSSR count). The minimum atomic E-state index is 0.532. The number of morpholine rings is 1. The van der Waals surface area contributed by atoms with Crippen LogP contribution in [0.3, 0.4) is 0 Å². The summed E-state index contributed by atoms with van der Waals surface area (Å²) in [6, 6.07) is 20.9. The Hall–Kier alpha value is -2.73. The number of nitrogens with two attached hydrogens (primary N) is 1. The van der Waals surface area contributed by atoms with Crippen LogP contribution in [-0.4, -0.2) is 31.2 Å². The van der Waals surface area contributed by atoms with E-state index in [0.29, 0.717) is 5.36 Å². The number of fused-ring (bicyclic) bond motifs is 2. The molecule has 5 heteroatoms. The van der Waals surface area contributed by atoms with Crippen LogP contribution in [0.5, 0.6) is 0 Å². The Balaban J connectivity index is 1.67. The van der Waals surface area contributed by atoms with Gasteiger partial charge in [-0.25, -0.2) is 0 Å². The zero-order valence-corrected chi connectivity index (χ0v) is 17.0. The zero-order valence-electron chi connectivity index (χ0n) is 16.2. The number of nitrogens with one attached hydrogen (secondary N) is 1. The Bertz CT molecular complexity index is 1210. The Kier molecular flexibility index (Phi) is 4.79. The molecule has 0 aromatic heterocycles. The van der Waals surface area contributed by atoms with Crippen molar-refractivity contribution in [3.05, 3.63) is 71.6 Å². The zero-order chi connectivity index (χ0) is 19.8. The highest BCUT2D eigenvalue weighted by molar-refractivity contribution is 7.21. The summed E-state index contributed by atoms with van der Waals surface area (Å²) < 4.78 is 6.63. The van der Waals surface area contributed by atoms with Crippen LogP contribution in [0, 0.1) is 5.41 Å². The number of benzene rings is 3. The molecule has 0 bridgehead atoms. The van der Waals surface area contributed by atoms with Crippen LogP contribution in [-0.2, 0) is 11.3 Å². The van der Waals surface area contributed by atoms with Gasteiger partial charge < -0.3 is 15.9 Å². The van der Waals surface area contributed by atoms with E-state index >= 15 is 0 Å². The van der Waals surface area contributed by atoms with Gasteiger partial charge in [-0.3, -0.25) is 4.90 Å². The first-order valence-corrected chi connectivity index (χ1v) is 10.7. The molecule has 2 heterocycles. The van der Waals surface area contributed by atoms with E-state index < -0.39 is 0 Å². The Morgan fingerprint density at radius 2 is 1.86 bits per heavy atom. The maximum Gasteiger partial charge on any atom is 0.0594 e. The van der Waals surface area contributed by atoms with Crippen LogP contribution in [0.4, 0.5) is 5.69 Å². The summed E-state index contributed by atoms with van der Waals surface area (Å²) in [4.78, 5) is 3.56. The molecule has 0 spiro atoms. The lowest BCUT2D eigenvalue weighted by Crippen LogP contribution is -2.35. The SMILES string of the molecule is N=c1ccc2c(-c3cccc(CN4CCOCC4)c3)c3ccc(N)cc3sc-2c1. The predicted octanol–water partition coefficient (Wildman–Crippen LogP) is 4.57. The van der Waals surface area contributed by atoms with Crippen molar-refractivity contribution >= 4 is 27.1 Å². The van der Waals surface area contributed by atoms with E-state index in [2.05, 4.69) is 41.3 Å². The Labute approximate surface area is 174 Å². The number of rotatable bonds is 3. The number of ether oxygens (including phenoxy) is 1. The third-order valence-corrected chi connectivity index (χ3v) is 6.59. The third-order valence-electron chi connectivity index (χ3n) is 5.47. The average molecular weight is 402 g/mol. The van der Waals surface area contributed by atoms with Gasteiger partial charge in [0.1, 0.15) is 0 Å². The van der Waals surface area contributed by atoms with E-state index in [1.807, 2.05) is 24.3 Å². The molecule has 146 valence electrons. The highest BCUT2D eigenvalue weighted by Gasteiger charge is 2.17. The highest BCUT2D eigenvalue weighted by Crippen LogP contribution is 2.43. The first kappa shape index (κ1) is 18.3. The van der Waals surface area contributed by atoms with Crippen molar-refractivity contribution < 1.29 is 4.74 Å². The van der Waals surface area contributed by atoms with Crippen molar-refractivity contribution in [3.8, 4) is 21.6 Å². The topological polar surface area (TPSA) is 62.3 Å². The van der Waals surface area contributed by atoms with E-state index in [-0.39, 0.29) is 0 Å². The first-order valence-electron chi connectivity index (χ1n) is 9.87. The van der Waals surface area contributed by atoms with E-state index in [1.165, 1.54) is 27.6 Å². The lowest BCUT2D eigenvalue weighted by molar-refractivity contribution is 0.0342. The predicted molar refractivity (Wildman–Crippen MR) is 120 cm³/mol. The molecule has 0 atom stereocenters. The molecule has 3 N–H and O–H groups in total. The van der Waals surface area contributed by atoms with Gasteiger partial charge in [-0.05, 0) is 47.0 Å². The molecule has 2 aromatic rings. The van der Waals surface area contributed by atoms with Gasteiger partial charge in [-0.2, -0.15) is 0 Å². The fraction of sp³-hybridized carbons (Fsp3) is 0.208. The van der Waals surface area contributed by atoms with Crippen molar-refractivity contribution in [2.45, 2.75) is 6.54 Å². The molecular formula is C24H23N3OS. The minimum Gasteiger partial charge on any atom is -0.399 e. The highest BCUT2D eigenvalue weighted by atomic mass is 32.1. The van der Waals surface area contributed by atoms with Crippen molar-refractivity contribution in [2.75, 3.05) is 32.0 Å². The maximum atomic E-state index is 8.05. The lowest BCUT2D eigenvalue weighted by atomic mass is 9.94. The van der Waals surface area contributed by atoms with Crippen LogP contribution in [0.1, 0.15) is 5.56 Å². The summed E-state index contributed by atoms with van der Waals surface area (Å²) >= 11 is 1.70. The Morgan fingerprint density at radius 3 is 2.72 bits per heavy atom. The quantitative estimate of drug-likeness (QED) is 0.391. The number of nitrogens with zero attached hydrogens (tertiary/aromatic N) is 1. The van der Waals surface area contributed by atoms with Crippen LogP contribution in [0.15, 0.2) is 60.7 Å². The second kappa shape index (κ2) is 7.59. The normalized spacial score (nSPS) is 15.2. The minimum absolute atomic E-state index is 0.532. The largest absolute Gasteiger partial charge is 0.399 e. The van der Waals surface area contributed by atoms with Crippen LogP contribution >= 0.6 is 11.3 Å². The third kappa shape index (κ3) is 3.65. The first-order chi connectivity index (χ1) is 14.2. The molecule has 0 radical (unpaired) electrons. The molecule has 0 amide bonds. The van der Waals surface area contributed by atoms with Crippen molar-refractivity contribution in [2.24, 2.45) is 0 Å². The number of anilines is 1. The fourth-order valence-corrected chi connectivity index (χ4v) is 5.24. The van der Waals surface area contributed by atoms with Crippen molar-refractivity contribution in [1.82, 2.24) is 4.90 Å². The lowest BCUT2D eigenvalue weighted by Gasteiger charge is -2.26. The standard InChI is InChI=1S/C24H23N3OS/c25-18-4-6-20-22(13-18)29-23-14-19(26)5-7-21(23)24(20)17-3-1-2-16(12-17)15-27-8-10-28-11-9-27/h1-7,12-14,25H,8-11,15,26H2. The number of nitrogen functional groups attached to an aromatic ring is 1. The van der Waals surface area contributed by atoms with Gasteiger partial charge in [-0.1, -0.05) is 30.3 Å². The fourth-order valence-electron chi connectivity index (χ4n) is 4.06. The molecule has 29 heavy (non-hydrogen) atoms. The summed E-state index contributed by atoms with van der Waals surface area (Å²) in [5, 5.41) is 9.78. The van der Waals surface area contributed by atoms with E-state index in [9.17, 15) is 0 Å². The molecular weight excluding hydrogens is 378 g/mol. The number of hydrogen-bond acceptors (Lipinski definition) is 5. The smallest absolute Gasteiger partial charge is 0.0594 e. The summed E-state index contributed by atoms with van der Waals surface area (Å²) in [6.07, 6.45) is 0. The summed E-state index contributed by atoms with van der Waals surface area (Å²) in [6.45, 7) is 4.52. The summed E-state index contributed by atoms with van der Waals surface area (Å²) in [5.74, 6) is 0. The van der Waals surface area contributed by atoms with Crippen LogP contribution in [0.25, 0.3) is 31.7 Å². The van der Waals surface area contributed by atoms with Gasteiger partial charge >= 0.3 is 0 Å². The number of hydrogen-bond donors (Lipinski definition) is 2. The van der Waals surface area contributed by atoms with Crippen molar-refractivity contribution in [3.63, 3.8) is 0 Å². The summed E-state index contributed by atoms with van der Waals surface area (Å²) in [7, 11) is 0. The van der Waals surface area contributed by atoms with E-state index in [4.69, 9.17) is 15.9 Å².